The van der Waals surface area contributed by atoms with Gasteiger partial charge in [0.05, 0.1) is 18.2 Å². The van der Waals surface area contributed by atoms with Gasteiger partial charge in [0.1, 0.15) is 5.82 Å². The first-order chi connectivity index (χ1) is 7.19. The fraction of sp³-hybridized carbons (Fsp3) is 0.364. The van der Waals surface area contributed by atoms with Crippen LogP contribution in [0.2, 0.25) is 0 Å². The molecule has 1 atom stereocenters. The van der Waals surface area contributed by atoms with Gasteiger partial charge < -0.3 is 5.32 Å². The van der Waals surface area contributed by atoms with Crippen molar-refractivity contribution in [2.75, 3.05) is 5.32 Å². The first kappa shape index (κ1) is 12.0. The molecule has 0 saturated carbocycles. The number of para-hydroxylation sites is 1. The molecule has 0 aliphatic heterocycles. The summed E-state index contributed by atoms with van der Waals surface area (Å²) in [6.45, 7) is 1.96. The number of nitriles is 1. The lowest BCUT2D eigenvalue weighted by Gasteiger charge is -2.16. The summed E-state index contributed by atoms with van der Waals surface area (Å²) < 4.78 is 14.1. The van der Waals surface area contributed by atoms with Crippen LogP contribution in [0.15, 0.2) is 22.7 Å². The number of hydrogen-bond donors (Lipinski definition) is 1. The molecule has 4 heteroatoms. The molecular formula is C11H12BrFN2. The Hall–Kier alpha value is -1.08. The van der Waals surface area contributed by atoms with Gasteiger partial charge in [0, 0.05) is 10.5 Å². The maximum absolute atomic E-state index is 13.4. The van der Waals surface area contributed by atoms with E-state index >= 15 is 0 Å². The smallest absolute Gasteiger partial charge is 0.147 e. The van der Waals surface area contributed by atoms with Crippen LogP contribution in [0.3, 0.4) is 0 Å². The molecule has 2 nitrogen and oxygen atoms in total. The highest BCUT2D eigenvalue weighted by atomic mass is 79.9. The van der Waals surface area contributed by atoms with E-state index in [-0.39, 0.29) is 11.9 Å². The van der Waals surface area contributed by atoms with Crippen LogP contribution >= 0.6 is 15.9 Å². The topological polar surface area (TPSA) is 35.8 Å². The van der Waals surface area contributed by atoms with Crippen molar-refractivity contribution >= 4 is 21.6 Å². The molecule has 0 aliphatic rings. The molecule has 0 fully saturated rings. The molecule has 0 aliphatic carbocycles. The fourth-order valence-electron chi connectivity index (χ4n) is 1.25. The van der Waals surface area contributed by atoms with E-state index in [9.17, 15) is 4.39 Å². The van der Waals surface area contributed by atoms with Crippen LogP contribution in [0.25, 0.3) is 0 Å². The predicted molar refractivity (Wildman–Crippen MR) is 62.0 cm³/mol. The second-order valence-electron chi connectivity index (χ2n) is 3.21. The monoisotopic (exact) mass is 270 g/mol. The summed E-state index contributed by atoms with van der Waals surface area (Å²) >= 11 is 3.27. The number of nitrogens with one attached hydrogen (secondary N) is 1. The molecule has 0 saturated heterocycles. The lowest BCUT2D eigenvalue weighted by Crippen LogP contribution is -2.18. The molecule has 0 bridgehead atoms. The second kappa shape index (κ2) is 5.72. The third-order valence-corrected chi connectivity index (χ3v) is 2.80. The number of rotatable bonds is 4. The molecule has 1 rings (SSSR count). The van der Waals surface area contributed by atoms with E-state index in [1.165, 1.54) is 6.07 Å². The van der Waals surface area contributed by atoms with Crippen LogP contribution in [0.4, 0.5) is 10.1 Å². The first-order valence-electron chi connectivity index (χ1n) is 4.76. The maximum atomic E-state index is 13.4. The van der Waals surface area contributed by atoms with Crippen molar-refractivity contribution in [3.63, 3.8) is 0 Å². The summed E-state index contributed by atoms with van der Waals surface area (Å²) in [5.41, 5.74) is 0.430. The zero-order chi connectivity index (χ0) is 11.3. The van der Waals surface area contributed by atoms with Gasteiger partial charge in [0.25, 0.3) is 0 Å². The lowest BCUT2D eigenvalue weighted by molar-refractivity contribution is 0.620. The number of nitrogens with zero attached hydrogens (tertiary/aromatic N) is 1. The Bertz CT molecular complexity index is 353. The van der Waals surface area contributed by atoms with Gasteiger partial charge in [-0.3, -0.25) is 0 Å². The Morgan fingerprint density at radius 3 is 2.87 bits per heavy atom. The summed E-state index contributed by atoms with van der Waals surface area (Å²) in [6, 6.07) is 6.86. The summed E-state index contributed by atoms with van der Waals surface area (Å²) in [6.07, 6.45) is 1.16. The average molecular weight is 271 g/mol. The van der Waals surface area contributed by atoms with Gasteiger partial charge in [-0.2, -0.15) is 5.26 Å². The largest absolute Gasteiger partial charge is 0.378 e. The number of anilines is 1. The molecule has 15 heavy (non-hydrogen) atoms. The van der Waals surface area contributed by atoms with E-state index in [0.717, 1.165) is 6.42 Å². The molecule has 1 unspecified atom stereocenters. The molecule has 0 radical (unpaired) electrons. The zero-order valence-electron chi connectivity index (χ0n) is 8.43. The minimum atomic E-state index is -0.305. The van der Waals surface area contributed by atoms with Crippen LogP contribution in [0.1, 0.15) is 19.8 Å². The van der Waals surface area contributed by atoms with E-state index in [1.807, 2.05) is 6.92 Å². The van der Waals surface area contributed by atoms with Gasteiger partial charge in [-0.15, -0.1) is 0 Å². The number of halogens is 2. The lowest BCUT2D eigenvalue weighted by atomic mass is 10.1. The Balaban J connectivity index is 2.83. The minimum absolute atomic E-state index is 0.0109. The van der Waals surface area contributed by atoms with Gasteiger partial charge in [-0.05, 0) is 34.5 Å². The van der Waals surface area contributed by atoms with Gasteiger partial charge in [-0.1, -0.05) is 13.0 Å². The third kappa shape index (κ3) is 3.21. The molecule has 80 valence electrons. The van der Waals surface area contributed by atoms with Crippen molar-refractivity contribution in [1.82, 2.24) is 0 Å². The van der Waals surface area contributed by atoms with Crippen molar-refractivity contribution in [2.45, 2.75) is 25.8 Å². The quantitative estimate of drug-likeness (QED) is 0.906. The minimum Gasteiger partial charge on any atom is -0.378 e. The molecule has 0 spiro atoms. The number of benzene rings is 1. The van der Waals surface area contributed by atoms with Crippen molar-refractivity contribution in [1.29, 1.82) is 5.26 Å². The summed E-state index contributed by atoms with van der Waals surface area (Å²) in [5.74, 6) is -0.305. The average Bonchev–Trinajstić information content (AvgIpc) is 2.22. The zero-order valence-corrected chi connectivity index (χ0v) is 10.0. The highest BCUT2D eigenvalue weighted by Crippen LogP contribution is 2.26. The highest BCUT2D eigenvalue weighted by molar-refractivity contribution is 9.10. The van der Waals surface area contributed by atoms with Crippen molar-refractivity contribution in [3.05, 3.63) is 28.5 Å². The summed E-state index contributed by atoms with van der Waals surface area (Å²) in [5, 5.41) is 11.6. The van der Waals surface area contributed by atoms with Crippen LogP contribution in [-0.2, 0) is 0 Å². The normalized spacial score (nSPS) is 11.9. The third-order valence-electron chi connectivity index (χ3n) is 2.14. The van der Waals surface area contributed by atoms with Crippen LogP contribution < -0.4 is 5.32 Å². The van der Waals surface area contributed by atoms with Crippen LogP contribution in [0, 0.1) is 17.1 Å². The molecular weight excluding hydrogens is 259 g/mol. The molecule has 1 aromatic rings. The Morgan fingerprint density at radius 1 is 1.60 bits per heavy atom. The van der Waals surface area contributed by atoms with E-state index < -0.39 is 0 Å². The number of hydrogen-bond acceptors (Lipinski definition) is 2. The Morgan fingerprint density at radius 2 is 2.33 bits per heavy atom. The first-order valence-corrected chi connectivity index (χ1v) is 5.55. The van der Waals surface area contributed by atoms with E-state index in [0.29, 0.717) is 16.6 Å². The fourth-order valence-corrected chi connectivity index (χ4v) is 1.70. The second-order valence-corrected chi connectivity index (χ2v) is 4.06. The molecule has 0 amide bonds. The van der Waals surface area contributed by atoms with Crippen molar-refractivity contribution < 1.29 is 4.39 Å². The van der Waals surface area contributed by atoms with Gasteiger partial charge >= 0.3 is 0 Å². The predicted octanol–water partition coefficient (Wildman–Crippen LogP) is 3.69. The van der Waals surface area contributed by atoms with E-state index in [1.54, 1.807) is 12.1 Å². The summed E-state index contributed by atoms with van der Waals surface area (Å²) in [4.78, 5) is 0. The Kier molecular flexibility index (Phi) is 4.57. The maximum Gasteiger partial charge on any atom is 0.147 e. The van der Waals surface area contributed by atoms with Gasteiger partial charge in [0.15, 0.2) is 0 Å². The van der Waals surface area contributed by atoms with E-state index in [4.69, 9.17) is 5.26 Å². The van der Waals surface area contributed by atoms with Crippen LogP contribution in [-0.4, -0.2) is 6.04 Å². The van der Waals surface area contributed by atoms with Crippen LogP contribution in [0.5, 0.6) is 0 Å². The molecule has 1 aromatic carbocycles. The SMILES string of the molecule is CCC(CC#N)Nc1c(F)cccc1Br. The molecule has 0 heterocycles. The molecule has 0 aromatic heterocycles. The van der Waals surface area contributed by atoms with Crippen molar-refractivity contribution in [2.24, 2.45) is 0 Å². The Labute approximate surface area is 97.2 Å². The van der Waals surface area contributed by atoms with E-state index in [2.05, 4.69) is 27.3 Å². The van der Waals surface area contributed by atoms with Gasteiger partial charge in [-0.25, -0.2) is 4.39 Å². The van der Waals surface area contributed by atoms with Gasteiger partial charge in [0.2, 0.25) is 0 Å². The standard InChI is InChI=1S/C11H12BrFN2/c1-2-8(6-7-14)15-11-9(12)4-3-5-10(11)13/h3-5,8,15H,2,6H2,1H3. The van der Waals surface area contributed by atoms with Crippen molar-refractivity contribution in [3.8, 4) is 6.07 Å². The highest BCUT2D eigenvalue weighted by Gasteiger charge is 2.11. The molecule has 1 N–H and O–H groups in total. The summed E-state index contributed by atoms with van der Waals surface area (Å²) in [7, 11) is 0.